The number of nitrogens with zero attached hydrogens (tertiary/aromatic N) is 2. The molecule has 0 aliphatic heterocycles. The van der Waals surface area contributed by atoms with Gasteiger partial charge in [-0.25, -0.2) is 0 Å². The first kappa shape index (κ1) is 17.6. The summed E-state index contributed by atoms with van der Waals surface area (Å²) in [5, 5.41) is 22.1. The van der Waals surface area contributed by atoms with Gasteiger partial charge in [0.15, 0.2) is 0 Å². The van der Waals surface area contributed by atoms with Crippen LogP contribution in [0.4, 0.5) is 5.13 Å². The van der Waals surface area contributed by atoms with E-state index < -0.39 is 6.10 Å². The lowest BCUT2D eigenvalue weighted by Gasteiger charge is -2.21. The molecule has 6 heteroatoms. The van der Waals surface area contributed by atoms with E-state index in [1.54, 1.807) is 0 Å². The molecule has 0 bridgehead atoms. The molecule has 0 aliphatic rings. The summed E-state index contributed by atoms with van der Waals surface area (Å²) in [6.07, 6.45) is -0.586. The standard InChI is InChI=1S/C17H23N3O2S/c1-11(2)13(21)10-14(22)18-16-20-19-15(23-16)17(3,4)12-8-6-5-7-9-12/h5-9,11,13,21H,10H2,1-4H3,(H,18,20,22). The second-order valence-electron chi connectivity index (χ2n) is 6.47. The van der Waals surface area contributed by atoms with Crippen LogP contribution in [0.15, 0.2) is 30.3 Å². The Bertz CT molecular complexity index is 653. The van der Waals surface area contributed by atoms with Crippen LogP contribution in [-0.2, 0) is 10.2 Å². The minimum Gasteiger partial charge on any atom is -0.392 e. The molecule has 1 aromatic heterocycles. The molecular weight excluding hydrogens is 310 g/mol. The van der Waals surface area contributed by atoms with Crippen molar-refractivity contribution in [2.45, 2.75) is 45.6 Å². The second-order valence-corrected chi connectivity index (χ2v) is 7.44. The van der Waals surface area contributed by atoms with Gasteiger partial charge in [0.2, 0.25) is 11.0 Å². The number of carbonyl (C=O) groups excluding carboxylic acids is 1. The SMILES string of the molecule is CC(C)C(O)CC(=O)Nc1nnc(C(C)(C)c2ccccc2)s1. The number of benzene rings is 1. The molecule has 1 atom stereocenters. The zero-order valence-corrected chi connectivity index (χ0v) is 14.7. The molecule has 2 aromatic rings. The molecule has 0 fully saturated rings. The van der Waals surface area contributed by atoms with E-state index in [2.05, 4.69) is 41.5 Å². The Morgan fingerprint density at radius 1 is 1.26 bits per heavy atom. The van der Waals surface area contributed by atoms with Crippen LogP contribution in [0.1, 0.15) is 44.7 Å². The molecule has 2 N–H and O–H groups in total. The smallest absolute Gasteiger partial charge is 0.228 e. The normalized spacial score (nSPS) is 13.1. The van der Waals surface area contributed by atoms with Crippen molar-refractivity contribution in [3.8, 4) is 0 Å². The number of amides is 1. The minimum atomic E-state index is -0.650. The number of hydrogen-bond acceptors (Lipinski definition) is 5. The van der Waals surface area contributed by atoms with Crippen molar-refractivity contribution in [2.24, 2.45) is 5.92 Å². The molecule has 1 aromatic carbocycles. The summed E-state index contributed by atoms with van der Waals surface area (Å²) in [5.74, 6) is -0.200. The summed E-state index contributed by atoms with van der Waals surface area (Å²) in [6.45, 7) is 7.92. The van der Waals surface area contributed by atoms with Gasteiger partial charge in [-0.3, -0.25) is 4.79 Å². The Kier molecular flexibility index (Phi) is 5.49. The van der Waals surface area contributed by atoms with E-state index in [9.17, 15) is 9.90 Å². The van der Waals surface area contributed by atoms with Crippen LogP contribution in [0.25, 0.3) is 0 Å². The Morgan fingerprint density at radius 2 is 1.91 bits per heavy atom. The van der Waals surface area contributed by atoms with E-state index in [4.69, 9.17) is 0 Å². The molecule has 0 spiro atoms. The summed E-state index contributed by atoms with van der Waals surface area (Å²) >= 11 is 1.36. The summed E-state index contributed by atoms with van der Waals surface area (Å²) in [4.78, 5) is 11.9. The van der Waals surface area contributed by atoms with Crippen molar-refractivity contribution < 1.29 is 9.90 Å². The minimum absolute atomic E-state index is 0.0442. The molecule has 23 heavy (non-hydrogen) atoms. The van der Waals surface area contributed by atoms with Crippen LogP contribution in [0.2, 0.25) is 0 Å². The van der Waals surface area contributed by atoms with Crippen molar-refractivity contribution in [3.05, 3.63) is 40.9 Å². The van der Waals surface area contributed by atoms with Crippen molar-refractivity contribution in [1.29, 1.82) is 0 Å². The number of anilines is 1. The van der Waals surface area contributed by atoms with Gasteiger partial charge < -0.3 is 10.4 Å². The van der Waals surface area contributed by atoms with Gasteiger partial charge in [0, 0.05) is 5.41 Å². The first-order chi connectivity index (χ1) is 10.8. The summed E-state index contributed by atoms with van der Waals surface area (Å²) in [5.41, 5.74) is 0.864. The molecule has 0 radical (unpaired) electrons. The van der Waals surface area contributed by atoms with Crippen LogP contribution in [0.5, 0.6) is 0 Å². The fourth-order valence-corrected chi connectivity index (χ4v) is 2.98. The summed E-state index contributed by atoms with van der Waals surface area (Å²) in [7, 11) is 0. The number of carbonyl (C=O) groups is 1. The van der Waals surface area contributed by atoms with Crippen LogP contribution >= 0.6 is 11.3 Å². The highest BCUT2D eigenvalue weighted by molar-refractivity contribution is 7.15. The number of nitrogens with one attached hydrogen (secondary N) is 1. The van der Waals surface area contributed by atoms with Gasteiger partial charge >= 0.3 is 0 Å². The molecular formula is C17H23N3O2S. The third-order valence-corrected chi connectivity index (χ3v) is 5.03. The maximum Gasteiger partial charge on any atom is 0.228 e. The lowest BCUT2D eigenvalue weighted by molar-refractivity contribution is -0.118. The number of rotatable bonds is 6. The molecule has 0 saturated carbocycles. The maximum atomic E-state index is 11.9. The van der Waals surface area contributed by atoms with Crippen molar-refractivity contribution in [3.63, 3.8) is 0 Å². The molecule has 124 valence electrons. The van der Waals surface area contributed by atoms with Crippen molar-refractivity contribution in [2.75, 3.05) is 5.32 Å². The highest BCUT2D eigenvalue weighted by Gasteiger charge is 2.28. The van der Waals surface area contributed by atoms with Gasteiger partial charge in [-0.2, -0.15) is 0 Å². The van der Waals surface area contributed by atoms with Gasteiger partial charge in [0.25, 0.3) is 0 Å². The van der Waals surface area contributed by atoms with Crippen LogP contribution in [0.3, 0.4) is 0 Å². The Hall–Kier alpha value is -1.79. The number of hydrogen-bond donors (Lipinski definition) is 2. The fourth-order valence-electron chi connectivity index (χ4n) is 2.10. The van der Waals surface area contributed by atoms with Crippen LogP contribution < -0.4 is 5.32 Å². The zero-order valence-electron chi connectivity index (χ0n) is 13.9. The first-order valence-corrected chi connectivity index (χ1v) is 8.49. The Labute approximate surface area is 140 Å². The molecule has 0 aliphatic carbocycles. The zero-order chi connectivity index (χ0) is 17.0. The highest BCUT2D eigenvalue weighted by atomic mass is 32.1. The quantitative estimate of drug-likeness (QED) is 0.851. The van der Waals surface area contributed by atoms with Gasteiger partial charge in [-0.05, 0) is 25.3 Å². The first-order valence-electron chi connectivity index (χ1n) is 7.68. The molecule has 2 rings (SSSR count). The van der Waals surface area contributed by atoms with E-state index in [0.29, 0.717) is 5.13 Å². The number of aliphatic hydroxyl groups is 1. The van der Waals surface area contributed by atoms with Crippen molar-refractivity contribution >= 4 is 22.4 Å². The van der Waals surface area contributed by atoms with Crippen molar-refractivity contribution in [1.82, 2.24) is 10.2 Å². The van der Waals surface area contributed by atoms with Gasteiger partial charge in [-0.15, -0.1) is 10.2 Å². The van der Waals surface area contributed by atoms with Gasteiger partial charge in [0.1, 0.15) is 5.01 Å². The van der Waals surface area contributed by atoms with Crippen LogP contribution in [0, 0.1) is 5.92 Å². The summed E-state index contributed by atoms with van der Waals surface area (Å²) < 4.78 is 0. The third kappa shape index (κ3) is 4.36. The number of aromatic nitrogens is 2. The lowest BCUT2D eigenvalue weighted by Crippen LogP contribution is -2.23. The highest BCUT2D eigenvalue weighted by Crippen LogP contribution is 2.34. The van der Waals surface area contributed by atoms with E-state index in [0.717, 1.165) is 10.6 Å². The Morgan fingerprint density at radius 3 is 2.52 bits per heavy atom. The fraction of sp³-hybridized carbons (Fsp3) is 0.471. The van der Waals surface area contributed by atoms with Crippen LogP contribution in [-0.4, -0.2) is 27.3 Å². The maximum absolute atomic E-state index is 11.9. The monoisotopic (exact) mass is 333 g/mol. The Balaban J connectivity index is 2.07. The molecule has 0 saturated heterocycles. The molecule has 5 nitrogen and oxygen atoms in total. The van der Waals surface area contributed by atoms with Gasteiger partial charge in [0.05, 0.1) is 12.5 Å². The third-order valence-electron chi connectivity index (χ3n) is 3.87. The lowest BCUT2D eigenvalue weighted by atomic mass is 9.85. The second kappa shape index (κ2) is 7.19. The molecule has 1 unspecified atom stereocenters. The van der Waals surface area contributed by atoms with E-state index in [1.165, 1.54) is 11.3 Å². The topological polar surface area (TPSA) is 75.1 Å². The average molecular weight is 333 g/mol. The van der Waals surface area contributed by atoms with E-state index in [1.807, 2.05) is 32.0 Å². The largest absolute Gasteiger partial charge is 0.392 e. The van der Waals surface area contributed by atoms with Gasteiger partial charge in [-0.1, -0.05) is 55.5 Å². The average Bonchev–Trinajstić information content (AvgIpc) is 2.97. The summed E-state index contributed by atoms with van der Waals surface area (Å²) in [6, 6.07) is 10.1. The molecule has 1 amide bonds. The number of aliphatic hydroxyl groups excluding tert-OH is 1. The molecule has 1 heterocycles. The van der Waals surface area contributed by atoms with E-state index in [-0.39, 0.29) is 23.7 Å². The predicted molar refractivity (Wildman–Crippen MR) is 92.6 cm³/mol. The van der Waals surface area contributed by atoms with E-state index >= 15 is 0 Å². The predicted octanol–water partition coefficient (Wildman–Crippen LogP) is 3.21.